The summed E-state index contributed by atoms with van der Waals surface area (Å²) in [6.45, 7) is 6.96. The van der Waals surface area contributed by atoms with Gasteiger partial charge in [0.15, 0.2) is 0 Å². The van der Waals surface area contributed by atoms with Crippen molar-refractivity contribution in [3.8, 4) is 0 Å². The van der Waals surface area contributed by atoms with Gasteiger partial charge in [-0.05, 0) is 0 Å². The molecule has 0 spiro atoms. The summed E-state index contributed by atoms with van der Waals surface area (Å²) in [5.74, 6) is 4.35. The third kappa shape index (κ3) is 25.9. The van der Waals surface area contributed by atoms with Crippen molar-refractivity contribution >= 4 is 34.4 Å². The molecule has 3 unspecified atom stereocenters. The van der Waals surface area contributed by atoms with Gasteiger partial charge in [-0.1, -0.05) is 20.8 Å². The van der Waals surface area contributed by atoms with Gasteiger partial charge < -0.3 is 0 Å². The zero-order chi connectivity index (χ0) is 32.6. The van der Waals surface area contributed by atoms with Gasteiger partial charge in [0.25, 0.3) is 0 Å². The SMILES string of the molecule is CCCCCCCCCCCC[S](C)=[Ir]([Cl])(=[S](C)CCCCCCCCCCCC)=[S](C)CCCCCCCCCCCC. The summed E-state index contributed by atoms with van der Waals surface area (Å²) in [6, 6.07) is 0. The van der Waals surface area contributed by atoms with Gasteiger partial charge in [0.2, 0.25) is 0 Å². The Morgan fingerprint density at radius 3 is 0.636 bits per heavy atom. The predicted molar refractivity (Wildman–Crippen MR) is 217 cm³/mol. The Balaban J connectivity index is 4.94. The first-order valence-corrected chi connectivity index (χ1v) is 36.5. The normalized spacial score (nSPS) is 16.1. The number of hydrogen-bond acceptors (Lipinski definition) is 0. The number of unbranched alkanes of at least 4 members (excludes halogenated alkanes) is 27. The first kappa shape index (κ1) is 46.0. The second-order valence-corrected chi connectivity index (χ2v) is 56.2. The van der Waals surface area contributed by atoms with Crippen molar-refractivity contribution in [3.05, 3.63) is 0 Å². The summed E-state index contributed by atoms with van der Waals surface area (Å²) in [5.41, 5.74) is 0. The van der Waals surface area contributed by atoms with E-state index in [-0.39, 0.29) is 0 Å². The van der Waals surface area contributed by atoms with Crippen molar-refractivity contribution in [2.45, 2.75) is 213 Å². The average molecular weight is 877 g/mol. The standard InChI is InChI=1S/3C13H28S.ClH.Ir/c3*1-3-4-5-6-7-8-9-10-11-12-13-14-2;;/h3*3-13H2,1-2H3;1H;/q;;;;+1/p-1. The van der Waals surface area contributed by atoms with E-state index >= 15 is 0 Å². The fraction of sp³-hybridized carbons (Fsp3) is 1.00. The van der Waals surface area contributed by atoms with Crippen molar-refractivity contribution in [3.63, 3.8) is 0 Å². The van der Waals surface area contributed by atoms with E-state index in [0.29, 0.717) is 24.8 Å². The van der Waals surface area contributed by atoms with E-state index in [0.717, 1.165) is 0 Å². The number of hydrogen-bond donors (Lipinski definition) is 0. The van der Waals surface area contributed by atoms with Crippen LogP contribution in [0.25, 0.3) is 0 Å². The maximum absolute atomic E-state index is 8.08. The summed E-state index contributed by atoms with van der Waals surface area (Å²) in [4.78, 5) is 0. The first-order chi connectivity index (χ1) is 21.4. The van der Waals surface area contributed by atoms with Crippen LogP contribution in [0.3, 0.4) is 0 Å². The Kier molecular flexibility index (Phi) is 36.4. The monoisotopic (exact) mass is 877 g/mol. The van der Waals surface area contributed by atoms with Gasteiger partial charge in [0, 0.05) is 0 Å². The zero-order valence-corrected chi connectivity index (χ0v) is 36.9. The van der Waals surface area contributed by atoms with Crippen LogP contribution in [-0.2, 0) is 8.95 Å². The summed E-state index contributed by atoms with van der Waals surface area (Å²) in [6.07, 6.45) is 51.3. The first-order valence-electron chi connectivity index (χ1n) is 19.7. The molecule has 0 aliphatic rings. The Labute approximate surface area is 290 Å². The van der Waals surface area contributed by atoms with Gasteiger partial charge in [0.1, 0.15) is 0 Å². The molecule has 0 heterocycles. The number of rotatable bonds is 33. The maximum atomic E-state index is 8.08. The van der Waals surface area contributed by atoms with Gasteiger partial charge >= 0.3 is 272 Å². The van der Waals surface area contributed by atoms with E-state index in [1.807, 2.05) is 0 Å². The molecule has 0 N–H and O–H groups in total. The minimum Gasteiger partial charge on any atom is -0.0654 e. The molecular weight excluding hydrogens is 792 g/mol. The third-order valence-corrected chi connectivity index (χ3v) is 76.5. The van der Waals surface area contributed by atoms with Crippen LogP contribution in [0.2, 0.25) is 0 Å². The molecule has 0 saturated carbocycles. The minimum atomic E-state index is -2.43. The van der Waals surface area contributed by atoms with Crippen LogP contribution in [-0.4, -0.2) is 36.0 Å². The number of halogens is 1. The molecule has 0 aromatic carbocycles. The topological polar surface area (TPSA) is 0 Å². The summed E-state index contributed by atoms with van der Waals surface area (Å²) >= 11 is 0. The Hall–Kier alpha value is 1.99. The molecular formula is C39H84ClIrS3. The van der Waals surface area contributed by atoms with Crippen molar-refractivity contribution in [2.75, 3.05) is 36.0 Å². The molecule has 44 heavy (non-hydrogen) atoms. The second kappa shape index (κ2) is 34.8. The van der Waals surface area contributed by atoms with Gasteiger partial charge in [-0.15, -0.1) is 0 Å². The molecule has 274 valence electrons. The van der Waals surface area contributed by atoms with Crippen molar-refractivity contribution in [2.24, 2.45) is 0 Å². The minimum absolute atomic E-state index is 0.502. The van der Waals surface area contributed by atoms with Crippen LogP contribution >= 0.6 is 34.4 Å². The molecule has 0 radical (unpaired) electrons. The Morgan fingerprint density at radius 2 is 0.455 bits per heavy atom. The van der Waals surface area contributed by atoms with Crippen LogP contribution < -0.4 is 0 Å². The summed E-state index contributed by atoms with van der Waals surface area (Å²) < 4.78 is 0. The van der Waals surface area contributed by atoms with E-state index in [1.165, 1.54) is 210 Å². The van der Waals surface area contributed by atoms with E-state index in [1.54, 1.807) is 0 Å². The Morgan fingerprint density at radius 1 is 0.295 bits per heavy atom. The van der Waals surface area contributed by atoms with Gasteiger partial charge in [-0.2, -0.15) is 0 Å². The van der Waals surface area contributed by atoms with E-state index in [2.05, 4.69) is 39.5 Å². The molecule has 0 bridgehead atoms. The zero-order valence-electron chi connectivity index (χ0n) is 31.3. The van der Waals surface area contributed by atoms with Crippen molar-refractivity contribution < 1.29 is 8.95 Å². The van der Waals surface area contributed by atoms with E-state index in [9.17, 15) is 0 Å². The van der Waals surface area contributed by atoms with Gasteiger partial charge in [-0.25, -0.2) is 0 Å². The molecule has 0 amide bonds. The summed E-state index contributed by atoms with van der Waals surface area (Å²) in [7, 11) is 7.16. The molecule has 0 nitrogen and oxygen atoms in total. The molecule has 3 atom stereocenters. The molecule has 5 heteroatoms. The average Bonchev–Trinajstić information content (AvgIpc) is 3.02. The van der Waals surface area contributed by atoms with Crippen LogP contribution in [0.1, 0.15) is 213 Å². The predicted octanol–water partition coefficient (Wildman–Crippen LogP) is 16.5. The van der Waals surface area contributed by atoms with E-state index in [4.69, 9.17) is 9.58 Å². The fourth-order valence-corrected chi connectivity index (χ4v) is 64.0. The molecule has 0 fully saturated rings. The van der Waals surface area contributed by atoms with Crippen LogP contribution in [0.5, 0.6) is 0 Å². The Bertz CT molecular complexity index is 721. The van der Waals surface area contributed by atoms with Gasteiger partial charge in [-0.3, -0.25) is 0 Å². The van der Waals surface area contributed by atoms with Crippen molar-refractivity contribution in [1.29, 1.82) is 0 Å². The van der Waals surface area contributed by atoms with E-state index < -0.39 is 8.95 Å². The van der Waals surface area contributed by atoms with Crippen molar-refractivity contribution in [1.82, 2.24) is 0 Å². The smallest absolute Gasteiger partial charge is 0.0654 e. The second-order valence-electron chi connectivity index (χ2n) is 13.5. The molecule has 0 aromatic rings. The van der Waals surface area contributed by atoms with Crippen LogP contribution in [0.15, 0.2) is 0 Å². The quantitative estimate of drug-likeness (QED) is 0.0576. The van der Waals surface area contributed by atoms with Crippen LogP contribution in [0.4, 0.5) is 0 Å². The third-order valence-electron chi connectivity index (χ3n) is 9.14. The molecule has 0 aromatic heterocycles. The molecule has 0 aliphatic heterocycles. The molecule has 0 aliphatic carbocycles. The molecule has 0 rings (SSSR count). The summed E-state index contributed by atoms with van der Waals surface area (Å²) in [5, 5.41) is 0. The molecule has 0 saturated heterocycles. The fourth-order valence-electron chi connectivity index (χ4n) is 6.08. The van der Waals surface area contributed by atoms with Crippen LogP contribution in [0, 0.1) is 0 Å². The van der Waals surface area contributed by atoms with Gasteiger partial charge in [0.05, 0.1) is 0 Å².